The second-order valence-corrected chi connectivity index (χ2v) is 6.13. The van der Waals surface area contributed by atoms with E-state index in [1.54, 1.807) is 26.1 Å². The predicted molar refractivity (Wildman–Crippen MR) is 89.0 cm³/mol. The number of hydrogen-bond acceptors (Lipinski definition) is 3. The Balaban J connectivity index is 1.97. The summed E-state index contributed by atoms with van der Waals surface area (Å²) in [6.45, 7) is 1.83. The highest BCUT2D eigenvalue weighted by Crippen LogP contribution is 2.35. The van der Waals surface area contributed by atoms with Crippen molar-refractivity contribution in [3.05, 3.63) is 57.5 Å². The number of hydrogen-bond donors (Lipinski definition) is 0. The molecule has 1 aliphatic heterocycles. The summed E-state index contributed by atoms with van der Waals surface area (Å²) in [6, 6.07) is 5.48. The zero-order chi connectivity index (χ0) is 18.3. The van der Waals surface area contributed by atoms with Crippen molar-refractivity contribution in [2.45, 2.75) is 19.3 Å². The summed E-state index contributed by atoms with van der Waals surface area (Å²) in [5, 5.41) is 0. The van der Waals surface area contributed by atoms with Gasteiger partial charge in [0.05, 0.1) is 7.11 Å². The summed E-state index contributed by atoms with van der Waals surface area (Å²) in [7, 11) is 2.93. The molecule has 1 amide bonds. The first kappa shape index (κ1) is 17.1. The van der Waals surface area contributed by atoms with Gasteiger partial charge >= 0.3 is 0 Å². The van der Waals surface area contributed by atoms with Crippen molar-refractivity contribution in [2.24, 2.45) is 7.05 Å². The second kappa shape index (κ2) is 6.31. The molecule has 132 valence electrons. The highest BCUT2D eigenvalue weighted by molar-refractivity contribution is 5.96. The van der Waals surface area contributed by atoms with Crippen LogP contribution in [0.2, 0.25) is 0 Å². The molecule has 0 N–H and O–H groups in total. The highest BCUT2D eigenvalue weighted by Gasteiger charge is 2.36. The molecular weight excluding hydrogens is 330 g/mol. The Labute approximate surface area is 143 Å². The topological polar surface area (TPSA) is 51.5 Å². The van der Waals surface area contributed by atoms with E-state index >= 15 is 0 Å². The van der Waals surface area contributed by atoms with Crippen LogP contribution < -0.4 is 15.2 Å². The van der Waals surface area contributed by atoms with Crippen LogP contribution in [0.1, 0.15) is 23.6 Å². The van der Waals surface area contributed by atoms with Gasteiger partial charge in [0, 0.05) is 49.3 Å². The average molecular weight is 348 g/mol. The van der Waals surface area contributed by atoms with Crippen molar-refractivity contribution < 1.29 is 18.3 Å². The van der Waals surface area contributed by atoms with Crippen molar-refractivity contribution in [2.75, 3.05) is 18.6 Å². The number of anilines is 1. The van der Waals surface area contributed by atoms with Crippen LogP contribution in [0.5, 0.6) is 5.75 Å². The van der Waals surface area contributed by atoms with Crippen LogP contribution in [0, 0.1) is 18.6 Å². The van der Waals surface area contributed by atoms with Gasteiger partial charge in [-0.2, -0.15) is 0 Å². The lowest BCUT2D eigenvalue weighted by atomic mass is 9.97. The Morgan fingerprint density at radius 3 is 2.40 bits per heavy atom. The van der Waals surface area contributed by atoms with E-state index in [1.165, 1.54) is 16.6 Å². The molecule has 1 aliphatic rings. The smallest absolute Gasteiger partial charge is 0.274 e. The van der Waals surface area contributed by atoms with Crippen molar-refractivity contribution in [3.63, 3.8) is 0 Å². The number of pyridine rings is 1. The number of aromatic nitrogens is 1. The van der Waals surface area contributed by atoms with E-state index in [-0.39, 0.29) is 41.4 Å². The van der Waals surface area contributed by atoms with Crippen LogP contribution in [0.25, 0.3) is 0 Å². The molecule has 0 saturated carbocycles. The maximum absolute atomic E-state index is 14.3. The summed E-state index contributed by atoms with van der Waals surface area (Å²) in [5.41, 5.74) is 0.504. The lowest BCUT2D eigenvalue weighted by Gasteiger charge is -2.18. The molecule has 0 radical (unpaired) electrons. The predicted octanol–water partition coefficient (Wildman–Crippen LogP) is 2.50. The third-order valence-electron chi connectivity index (χ3n) is 4.65. The largest absolute Gasteiger partial charge is 0.497 e. The summed E-state index contributed by atoms with van der Waals surface area (Å²) < 4.78 is 34.9. The quantitative estimate of drug-likeness (QED) is 0.856. The fourth-order valence-corrected chi connectivity index (χ4v) is 3.12. The third-order valence-corrected chi connectivity index (χ3v) is 4.65. The molecule has 1 aromatic heterocycles. The fourth-order valence-electron chi connectivity index (χ4n) is 3.12. The van der Waals surface area contributed by atoms with Crippen molar-refractivity contribution in [1.29, 1.82) is 0 Å². The van der Waals surface area contributed by atoms with Gasteiger partial charge in [0.1, 0.15) is 23.1 Å². The SMILES string of the molecule is COc1cc(F)c([C@H]2CC(=O)N(c3ccc(C)n(C)c3=O)C2)c(F)c1. The summed E-state index contributed by atoms with van der Waals surface area (Å²) >= 11 is 0. The number of carbonyl (C=O) groups is 1. The number of methoxy groups -OCH3 is 1. The molecule has 2 heterocycles. The number of rotatable bonds is 3. The Hall–Kier alpha value is -2.70. The Bertz CT molecular complexity index is 885. The first-order valence-electron chi connectivity index (χ1n) is 7.83. The lowest BCUT2D eigenvalue weighted by Crippen LogP contribution is -2.33. The number of aryl methyl sites for hydroxylation is 1. The molecule has 1 saturated heterocycles. The zero-order valence-electron chi connectivity index (χ0n) is 14.2. The van der Waals surface area contributed by atoms with Gasteiger partial charge in [-0.15, -0.1) is 0 Å². The van der Waals surface area contributed by atoms with E-state index in [2.05, 4.69) is 0 Å². The van der Waals surface area contributed by atoms with E-state index in [0.717, 1.165) is 17.8 Å². The maximum Gasteiger partial charge on any atom is 0.274 e. The normalized spacial score (nSPS) is 17.2. The minimum Gasteiger partial charge on any atom is -0.497 e. The molecule has 0 aliphatic carbocycles. The highest BCUT2D eigenvalue weighted by atomic mass is 19.1. The van der Waals surface area contributed by atoms with Crippen molar-refractivity contribution in [1.82, 2.24) is 4.57 Å². The number of ether oxygens (including phenoxy) is 1. The average Bonchev–Trinajstić information content (AvgIpc) is 2.93. The molecule has 1 atom stereocenters. The van der Waals surface area contributed by atoms with Gasteiger partial charge in [-0.1, -0.05) is 0 Å². The van der Waals surface area contributed by atoms with E-state index in [9.17, 15) is 18.4 Å². The van der Waals surface area contributed by atoms with Gasteiger partial charge in [-0.25, -0.2) is 8.78 Å². The first-order valence-corrected chi connectivity index (χ1v) is 7.83. The van der Waals surface area contributed by atoms with E-state index in [1.807, 2.05) is 0 Å². The number of halogens is 2. The monoisotopic (exact) mass is 348 g/mol. The van der Waals surface area contributed by atoms with Crippen molar-refractivity contribution >= 4 is 11.6 Å². The standard InChI is InChI=1S/C18H18F2N2O3/c1-10-4-5-15(18(24)21(10)2)22-9-11(6-16(22)23)17-13(19)7-12(25-3)8-14(17)20/h4-5,7-8,11H,6,9H2,1-3H3/t11-/m0/s1. The summed E-state index contributed by atoms with van der Waals surface area (Å²) in [5.74, 6) is -2.43. The first-order chi connectivity index (χ1) is 11.8. The van der Waals surface area contributed by atoms with E-state index < -0.39 is 17.6 Å². The molecule has 3 rings (SSSR count). The minimum absolute atomic E-state index is 0.0529. The zero-order valence-corrected chi connectivity index (χ0v) is 14.2. The van der Waals surface area contributed by atoms with Crippen LogP contribution in [-0.2, 0) is 11.8 Å². The molecule has 25 heavy (non-hydrogen) atoms. The van der Waals surface area contributed by atoms with Gasteiger partial charge in [-0.05, 0) is 19.1 Å². The number of amides is 1. The van der Waals surface area contributed by atoms with E-state index in [4.69, 9.17) is 4.74 Å². The Kier molecular flexibility index (Phi) is 4.32. The van der Waals surface area contributed by atoms with Crippen LogP contribution in [0.3, 0.4) is 0 Å². The number of nitrogens with zero attached hydrogens (tertiary/aromatic N) is 2. The van der Waals surface area contributed by atoms with Crippen LogP contribution in [0.15, 0.2) is 29.1 Å². The lowest BCUT2D eigenvalue weighted by molar-refractivity contribution is -0.117. The fraction of sp³-hybridized carbons (Fsp3) is 0.333. The molecule has 1 fully saturated rings. The Morgan fingerprint density at radius 2 is 1.80 bits per heavy atom. The number of carbonyl (C=O) groups excluding carboxylic acids is 1. The van der Waals surface area contributed by atoms with Crippen LogP contribution in [0.4, 0.5) is 14.5 Å². The second-order valence-electron chi connectivity index (χ2n) is 6.13. The molecule has 0 spiro atoms. The summed E-state index contributed by atoms with van der Waals surface area (Å²) in [4.78, 5) is 26.0. The maximum atomic E-state index is 14.3. The van der Waals surface area contributed by atoms with Gasteiger partial charge < -0.3 is 14.2 Å². The van der Waals surface area contributed by atoms with Gasteiger partial charge in [-0.3, -0.25) is 9.59 Å². The number of benzene rings is 1. The van der Waals surface area contributed by atoms with E-state index in [0.29, 0.717) is 0 Å². The van der Waals surface area contributed by atoms with Gasteiger partial charge in [0.15, 0.2) is 0 Å². The molecule has 1 aromatic carbocycles. The molecule has 5 nitrogen and oxygen atoms in total. The van der Waals surface area contributed by atoms with Gasteiger partial charge in [0.2, 0.25) is 5.91 Å². The van der Waals surface area contributed by atoms with Crippen LogP contribution in [-0.4, -0.2) is 24.1 Å². The minimum atomic E-state index is -0.756. The molecule has 2 aromatic rings. The van der Waals surface area contributed by atoms with Crippen molar-refractivity contribution in [3.8, 4) is 5.75 Å². The molecule has 7 heteroatoms. The molecular formula is C18H18F2N2O3. The summed E-state index contributed by atoms with van der Waals surface area (Å²) in [6.07, 6.45) is -0.0583. The third kappa shape index (κ3) is 2.90. The van der Waals surface area contributed by atoms with Gasteiger partial charge in [0.25, 0.3) is 5.56 Å². The molecule has 0 unspecified atom stereocenters. The molecule has 0 bridgehead atoms. The van der Waals surface area contributed by atoms with Crippen LogP contribution >= 0.6 is 0 Å². The Morgan fingerprint density at radius 1 is 1.16 bits per heavy atom.